The number of benzene rings is 1. The van der Waals surface area contributed by atoms with Gasteiger partial charge in [0.1, 0.15) is 16.9 Å². The van der Waals surface area contributed by atoms with Gasteiger partial charge in [0.15, 0.2) is 0 Å². The van der Waals surface area contributed by atoms with E-state index in [0.29, 0.717) is 24.5 Å². The maximum Gasteiger partial charge on any atom is 0.341 e. The van der Waals surface area contributed by atoms with E-state index in [1.54, 1.807) is 32.0 Å². The van der Waals surface area contributed by atoms with E-state index in [0.717, 1.165) is 19.3 Å². The molecular weight excluding hydrogens is 334 g/mol. The molecule has 0 saturated carbocycles. The van der Waals surface area contributed by atoms with Gasteiger partial charge in [-0.25, -0.2) is 4.79 Å². The van der Waals surface area contributed by atoms with Crippen molar-refractivity contribution in [3.05, 3.63) is 23.8 Å². The highest BCUT2D eigenvalue weighted by atomic mass is 16.5. The summed E-state index contributed by atoms with van der Waals surface area (Å²) in [5, 5.41) is 2.84. The van der Waals surface area contributed by atoms with Crippen LogP contribution >= 0.6 is 0 Å². The lowest BCUT2D eigenvalue weighted by molar-refractivity contribution is -0.136. The number of unbranched alkanes of at least 4 members (excludes halogenated alkanes) is 2. The van der Waals surface area contributed by atoms with Crippen LogP contribution in [0.4, 0.5) is 5.69 Å². The van der Waals surface area contributed by atoms with Crippen molar-refractivity contribution in [1.82, 2.24) is 0 Å². The van der Waals surface area contributed by atoms with Crippen LogP contribution in [-0.2, 0) is 14.3 Å². The number of carbonyl (C=O) groups is 2. The Morgan fingerprint density at radius 3 is 2.42 bits per heavy atom. The molecule has 0 aromatic heterocycles. The number of hydrogen-bond acceptors (Lipinski definition) is 5. The predicted octanol–water partition coefficient (Wildman–Crippen LogP) is 4.19. The summed E-state index contributed by atoms with van der Waals surface area (Å²) in [6.45, 7) is 8.16. The van der Waals surface area contributed by atoms with Gasteiger partial charge in [-0.15, -0.1) is 0 Å². The molecular formula is C20H31NO5. The number of hydrogen-bond donors (Lipinski definition) is 1. The van der Waals surface area contributed by atoms with Gasteiger partial charge < -0.3 is 19.5 Å². The molecule has 0 aliphatic heterocycles. The number of carbonyl (C=O) groups excluding carboxylic acids is 2. The molecule has 1 unspecified atom stereocenters. The zero-order valence-corrected chi connectivity index (χ0v) is 16.5. The van der Waals surface area contributed by atoms with Crippen LogP contribution < -0.4 is 10.1 Å². The van der Waals surface area contributed by atoms with E-state index in [-0.39, 0.29) is 18.1 Å². The van der Waals surface area contributed by atoms with Gasteiger partial charge in [-0.05, 0) is 45.4 Å². The molecule has 0 fully saturated rings. The third kappa shape index (κ3) is 6.02. The first kappa shape index (κ1) is 22.0. The first-order valence-corrected chi connectivity index (χ1v) is 9.22. The summed E-state index contributed by atoms with van der Waals surface area (Å²) in [5.41, 5.74) is -0.130. The molecule has 1 aromatic carbocycles. The fraction of sp³-hybridized carbons (Fsp3) is 0.600. The van der Waals surface area contributed by atoms with Crippen molar-refractivity contribution >= 4 is 17.6 Å². The summed E-state index contributed by atoms with van der Waals surface area (Å²) in [5.74, 6) is -0.291. The van der Waals surface area contributed by atoms with E-state index in [4.69, 9.17) is 14.2 Å². The Bertz CT molecular complexity index is 602. The Morgan fingerprint density at radius 1 is 1.12 bits per heavy atom. The maximum atomic E-state index is 12.7. The van der Waals surface area contributed by atoms with E-state index in [1.807, 2.05) is 6.92 Å². The zero-order chi connectivity index (χ0) is 19.6. The molecule has 1 rings (SSSR count). The quantitative estimate of drug-likeness (QED) is 0.470. The highest BCUT2D eigenvalue weighted by Crippen LogP contribution is 2.26. The molecule has 0 aliphatic rings. The monoisotopic (exact) mass is 365 g/mol. The average molecular weight is 365 g/mol. The molecule has 1 N–H and O–H groups in total. The summed E-state index contributed by atoms with van der Waals surface area (Å²) >= 11 is 0. The lowest BCUT2D eigenvalue weighted by Gasteiger charge is -2.27. The predicted molar refractivity (Wildman–Crippen MR) is 102 cm³/mol. The Balaban J connectivity index is 2.98. The van der Waals surface area contributed by atoms with Crippen molar-refractivity contribution in [2.45, 2.75) is 59.0 Å². The molecule has 1 aromatic rings. The molecule has 1 amide bonds. The number of esters is 1. The summed E-state index contributed by atoms with van der Waals surface area (Å²) < 4.78 is 16.0. The number of amides is 1. The van der Waals surface area contributed by atoms with E-state index in [2.05, 4.69) is 12.2 Å². The van der Waals surface area contributed by atoms with Gasteiger partial charge >= 0.3 is 5.97 Å². The van der Waals surface area contributed by atoms with Crippen molar-refractivity contribution in [3.8, 4) is 5.75 Å². The maximum absolute atomic E-state index is 12.7. The molecule has 0 spiro atoms. The number of methoxy groups -OCH3 is 1. The van der Waals surface area contributed by atoms with Crippen LogP contribution in [0.15, 0.2) is 18.2 Å². The van der Waals surface area contributed by atoms with Crippen molar-refractivity contribution in [2.75, 3.05) is 25.6 Å². The van der Waals surface area contributed by atoms with Crippen molar-refractivity contribution in [2.24, 2.45) is 0 Å². The fourth-order valence-corrected chi connectivity index (χ4v) is 2.54. The second-order valence-corrected chi connectivity index (χ2v) is 6.21. The standard InChI is InChI=1S/C20H31NO5/c1-6-9-10-13-20(4,24-5)19(23)21-15-11-12-17(25-7-2)16(14-15)18(22)26-8-3/h11-12,14H,6-10,13H2,1-5H3,(H,21,23). The third-order valence-electron chi connectivity index (χ3n) is 4.22. The van der Waals surface area contributed by atoms with E-state index >= 15 is 0 Å². The van der Waals surface area contributed by atoms with Gasteiger partial charge in [0.05, 0.1) is 13.2 Å². The van der Waals surface area contributed by atoms with E-state index < -0.39 is 11.6 Å². The van der Waals surface area contributed by atoms with Gasteiger partial charge in [-0.3, -0.25) is 4.79 Å². The zero-order valence-electron chi connectivity index (χ0n) is 16.5. The molecule has 6 heteroatoms. The minimum Gasteiger partial charge on any atom is -0.493 e. The molecule has 0 aliphatic carbocycles. The van der Waals surface area contributed by atoms with Crippen LogP contribution in [0, 0.1) is 0 Å². The smallest absolute Gasteiger partial charge is 0.341 e. The second kappa shape index (κ2) is 10.8. The molecule has 0 radical (unpaired) electrons. The lowest BCUT2D eigenvalue weighted by Crippen LogP contribution is -2.42. The largest absolute Gasteiger partial charge is 0.493 e. The van der Waals surface area contributed by atoms with Crippen LogP contribution in [0.1, 0.15) is 63.7 Å². The second-order valence-electron chi connectivity index (χ2n) is 6.21. The Labute approximate surface area is 156 Å². The average Bonchev–Trinajstić information content (AvgIpc) is 2.63. The van der Waals surface area contributed by atoms with Gasteiger partial charge in [0, 0.05) is 12.8 Å². The molecule has 0 heterocycles. The first-order valence-electron chi connectivity index (χ1n) is 9.22. The van der Waals surface area contributed by atoms with E-state index in [1.165, 1.54) is 7.11 Å². The summed E-state index contributed by atoms with van der Waals surface area (Å²) in [4.78, 5) is 24.9. The normalized spacial score (nSPS) is 13.0. The lowest BCUT2D eigenvalue weighted by atomic mass is 9.96. The Kier molecular flexibility index (Phi) is 9.13. The minimum absolute atomic E-state index is 0.241. The summed E-state index contributed by atoms with van der Waals surface area (Å²) in [6.07, 6.45) is 3.65. The van der Waals surface area contributed by atoms with Crippen LogP contribution in [0.5, 0.6) is 5.75 Å². The van der Waals surface area contributed by atoms with Crippen LogP contribution in [0.25, 0.3) is 0 Å². The van der Waals surface area contributed by atoms with E-state index in [9.17, 15) is 9.59 Å². The van der Waals surface area contributed by atoms with Crippen molar-refractivity contribution in [1.29, 1.82) is 0 Å². The molecule has 0 saturated heterocycles. The first-order chi connectivity index (χ1) is 12.4. The number of ether oxygens (including phenoxy) is 3. The van der Waals surface area contributed by atoms with Crippen LogP contribution in [-0.4, -0.2) is 37.8 Å². The van der Waals surface area contributed by atoms with Crippen LogP contribution in [0.2, 0.25) is 0 Å². The number of anilines is 1. The van der Waals surface area contributed by atoms with Crippen LogP contribution in [0.3, 0.4) is 0 Å². The van der Waals surface area contributed by atoms with Gasteiger partial charge in [0.2, 0.25) is 0 Å². The highest BCUT2D eigenvalue weighted by Gasteiger charge is 2.32. The fourth-order valence-electron chi connectivity index (χ4n) is 2.54. The summed E-state index contributed by atoms with van der Waals surface area (Å²) in [6, 6.07) is 4.93. The molecule has 1 atom stereocenters. The molecule has 6 nitrogen and oxygen atoms in total. The molecule has 146 valence electrons. The van der Waals surface area contributed by atoms with Crippen molar-refractivity contribution in [3.63, 3.8) is 0 Å². The Morgan fingerprint density at radius 2 is 1.85 bits per heavy atom. The SMILES string of the molecule is CCCCCC(C)(OC)C(=O)Nc1ccc(OCC)c(C(=O)OCC)c1. The van der Waals surface area contributed by atoms with Gasteiger partial charge in [-0.2, -0.15) is 0 Å². The Hall–Kier alpha value is -2.08. The van der Waals surface area contributed by atoms with Gasteiger partial charge in [0.25, 0.3) is 5.91 Å². The summed E-state index contributed by atoms with van der Waals surface area (Å²) in [7, 11) is 1.54. The number of rotatable bonds is 11. The number of nitrogens with one attached hydrogen (secondary N) is 1. The molecule has 26 heavy (non-hydrogen) atoms. The molecule has 0 bridgehead atoms. The van der Waals surface area contributed by atoms with Gasteiger partial charge in [-0.1, -0.05) is 26.2 Å². The van der Waals surface area contributed by atoms with Crippen molar-refractivity contribution < 1.29 is 23.8 Å². The minimum atomic E-state index is -0.919. The topological polar surface area (TPSA) is 73.9 Å². The third-order valence-corrected chi connectivity index (χ3v) is 4.22. The highest BCUT2D eigenvalue weighted by molar-refractivity contribution is 5.99.